The molecule has 2 unspecified atom stereocenters. The molecule has 2 atom stereocenters. The van der Waals surface area contributed by atoms with Gasteiger partial charge in [0.2, 0.25) is 5.91 Å². The molecule has 3 N–H and O–H groups in total. The van der Waals surface area contributed by atoms with E-state index >= 15 is 0 Å². The number of nitrogens with two attached hydrogens (primary N) is 1. The molecule has 0 aliphatic heterocycles. The number of hydrogen-bond acceptors (Lipinski definition) is 2. The van der Waals surface area contributed by atoms with Crippen LogP contribution >= 0.6 is 0 Å². The Labute approximate surface area is 110 Å². The molecule has 1 aromatic rings. The molecule has 0 aliphatic carbocycles. The molecule has 0 heterocycles. The standard InChI is InChI=1S/C15H24N2O/c1-11(17-12(2)14(16)18)10-15(3,4)13-8-6-5-7-9-13/h5-9,11-12,17H,10H2,1-4H3,(H2,16,18). The van der Waals surface area contributed by atoms with Crippen molar-refractivity contribution in [3.8, 4) is 0 Å². The zero-order valence-electron chi connectivity index (χ0n) is 11.7. The molecule has 1 amide bonds. The van der Waals surface area contributed by atoms with Crippen molar-refractivity contribution in [2.75, 3.05) is 0 Å². The summed E-state index contributed by atoms with van der Waals surface area (Å²) in [4.78, 5) is 11.0. The largest absolute Gasteiger partial charge is 0.368 e. The summed E-state index contributed by atoms with van der Waals surface area (Å²) in [6.07, 6.45) is 0.953. The molecular formula is C15H24N2O. The van der Waals surface area contributed by atoms with E-state index in [1.54, 1.807) is 6.92 Å². The van der Waals surface area contributed by atoms with Crippen LogP contribution in [0.4, 0.5) is 0 Å². The average Bonchev–Trinajstić information content (AvgIpc) is 2.29. The summed E-state index contributed by atoms with van der Waals surface area (Å²) in [7, 11) is 0. The van der Waals surface area contributed by atoms with E-state index in [0.29, 0.717) is 0 Å². The predicted molar refractivity (Wildman–Crippen MR) is 75.3 cm³/mol. The number of nitrogens with one attached hydrogen (secondary N) is 1. The van der Waals surface area contributed by atoms with Crippen LogP contribution in [0.2, 0.25) is 0 Å². The van der Waals surface area contributed by atoms with Crippen LogP contribution in [0.1, 0.15) is 39.7 Å². The quantitative estimate of drug-likeness (QED) is 0.811. The smallest absolute Gasteiger partial charge is 0.234 e. The van der Waals surface area contributed by atoms with Crippen molar-refractivity contribution in [3.63, 3.8) is 0 Å². The van der Waals surface area contributed by atoms with Gasteiger partial charge in [0, 0.05) is 6.04 Å². The van der Waals surface area contributed by atoms with Crippen molar-refractivity contribution in [3.05, 3.63) is 35.9 Å². The van der Waals surface area contributed by atoms with Crippen molar-refractivity contribution in [1.29, 1.82) is 0 Å². The second-order valence-electron chi connectivity index (χ2n) is 5.65. The number of hydrogen-bond donors (Lipinski definition) is 2. The highest BCUT2D eigenvalue weighted by Gasteiger charge is 2.24. The summed E-state index contributed by atoms with van der Waals surface area (Å²) in [6.45, 7) is 8.32. The Morgan fingerprint density at radius 3 is 2.33 bits per heavy atom. The molecule has 3 heteroatoms. The summed E-state index contributed by atoms with van der Waals surface area (Å²) in [5.41, 5.74) is 6.64. The van der Waals surface area contributed by atoms with Gasteiger partial charge in [-0.15, -0.1) is 0 Å². The van der Waals surface area contributed by atoms with Gasteiger partial charge < -0.3 is 11.1 Å². The van der Waals surface area contributed by atoms with E-state index in [2.05, 4.69) is 50.4 Å². The fourth-order valence-corrected chi connectivity index (χ4v) is 2.34. The molecule has 18 heavy (non-hydrogen) atoms. The zero-order valence-corrected chi connectivity index (χ0v) is 11.7. The van der Waals surface area contributed by atoms with Crippen molar-refractivity contribution in [1.82, 2.24) is 5.32 Å². The maximum atomic E-state index is 11.0. The van der Waals surface area contributed by atoms with Gasteiger partial charge >= 0.3 is 0 Å². The zero-order chi connectivity index (χ0) is 13.8. The monoisotopic (exact) mass is 248 g/mol. The van der Waals surface area contributed by atoms with Gasteiger partial charge in [0.1, 0.15) is 0 Å². The molecule has 0 aliphatic rings. The second-order valence-corrected chi connectivity index (χ2v) is 5.65. The highest BCUT2D eigenvalue weighted by molar-refractivity contribution is 5.79. The average molecular weight is 248 g/mol. The summed E-state index contributed by atoms with van der Waals surface area (Å²) in [5.74, 6) is -0.306. The molecule has 0 spiro atoms. The van der Waals surface area contributed by atoms with Gasteiger partial charge in [-0.2, -0.15) is 0 Å². The maximum Gasteiger partial charge on any atom is 0.234 e. The van der Waals surface area contributed by atoms with E-state index in [4.69, 9.17) is 5.73 Å². The lowest BCUT2D eigenvalue weighted by Crippen LogP contribution is -2.45. The minimum absolute atomic E-state index is 0.0744. The second kappa shape index (κ2) is 6.01. The third-order valence-electron chi connectivity index (χ3n) is 3.33. The van der Waals surface area contributed by atoms with Crippen LogP contribution in [-0.4, -0.2) is 18.0 Å². The summed E-state index contributed by atoms with van der Waals surface area (Å²) in [6, 6.07) is 10.4. The molecule has 0 saturated heterocycles. The predicted octanol–water partition coefficient (Wildman–Crippen LogP) is 2.21. The molecule has 0 bridgehead atoms. The molecule has 1 aromatic carbocycles. The fourth-order valence-electron chi connectivity index (χ4n) is 2.34. The molecule has 0 saturated carbocycles. The van der Waals surface area contributed by atoms with Gasteiger partial charge in [-0.3, -0.25) is 4.79 Å². The maximum absolute atomic E-state index is 11.0. The first kappa shape index (κ1) is 14.7. The highest BCUT2D eigenvalue weighted by atomic mass is 16.1. The first-order valence-electron chi connectivity index (χ1n) is 6.44. The number of carbonyl (C=O) groups is 1. The Hall–Kier alpha value is -1.35. The number of amides is 1. The van der Waals surface area contributed by atoms with Crippen molar-refractivity contribution in [2.45, 2.75) is 51.6 Å². The lowest BCUT2D eigenvalue weighted by Gasteiger charge is -2.30. The molecule has 1 rings (SSSR count). The number of primary amides is 1. The first-order valence-corrected chi connectivity index (χ1v) is 6.44. The number of rotatable bonds is 6. The summed E-state index contributed by atoms with van der Waals surface area (Å²) >= 11 is 0. The van der Waals surface area contributed by atoms with Crippen LogP contribution < -0.4 is 11.1 Å². The van der Waals surface area contributed by atoms with Gasteiger partial charge in [-0.1, -0.05) is 44.2 Å². The molecule has 0 fully saturated rings. The van der Waals surface area contributed by atoms with Crippen LogP contribution in [0.25, 0.3) is 0 Å². The van der Waals surface area contributed by atoms with Crippen LogP contribution in [0.5, 0.6) is 0 Å². The van der Waals surface area contributed by atoms with Gasteiger partial charge in [0.05, 0.1) is 6.04 Å². The van der Waals surface area contributed by atoms with Crippen molar-refractivity contribution < 1.29 is 4.79 Å². The van der Waals surface area contributed by atoms with E-state index in [1.807, 2.05) is 6.07 Å². The van der Waals surface area contributed by atoms with Crippen LogP contribution in [0.3, 0.4) is 0 Å². The lowest BCUT2D eigenvalue weighted by molar-refractivity contribution is -0.119. The Balaban J connectivity index is 2.63. The normalized spacial score (nSPS) is 15.1. The lowest BCUT2D eigenvalue weighted by atomic mass is 9.79. The van der Waals surface area contributed by atoms with Crippen LogP contribution in [0.15, 0.2) is 30.3 Å². The Morgan fingerprint density at radius 1 is 1.28 bits per heavy atom. The Kier molecular flexibility index (Phi) is 4.91. The Morgan fingerprint density at radius 2 is 1.83 bits per heavy atom. The number of carbonyl (C=O) groups excluding carboxylic acids is 1. The minimum Gasteiger partial charge on any atom is -0.368 e. The van der Waals surface area contributed by atoms with Gasteiger partial charge in [-0.05, 0) is 31.2 Å². The topological polar surface area (TPSA) is 55.1 Å². The van der Waals surface area contributed by atoms with Crippen LogP contribution in [-0.2, 0) is 10.2 Å². The van der Waals surface area contributed by atoms with E-state index in [9.17, 15) is 4.79 Å². The first-order chi connectivity index (χ1) is 8.33. The Bertz CT molecular complexity index is 387. The molecule has 0 aromatic heterocycles. The third kappa shape index (κ3) is 4.15. The number of benzene rings is 1. The SMILES string of the molecule is CC(CC(C)(C)c1ccccc1)NC(C)C(N)=O. The van der Waals surface area contributed by atoms with Gasteiger partial charge in [0.25, 0.3) is 0 Å². The van der Waals surface area contributed by atoms with Gasteiger partial charge in [0.15, 0.2) is 0 Å². The summed E-state index contributed by atoms with van der Waals surface area (Å²) < 4.78 is 0. The molecule has 3 nitrogen and oxygen atoms in total. The molecule has 100 valence electrons. The van der Waals surface area contributed by atoms with Crippen molar-refractivity contribution >= 4 is 5.91 Å². The third-order valence-corrected chi connectivity index (χ3v) is 3.33. The van der Waals surface area contributed by atoms with E-state index < -0.39 is 0 Å². The van der Waals surface area contributed by atoms with Gasteiger partial charge in [-0.25, -0.2) is 0 Å². The highest BCUT2D eigenvalue weighted by Crippen LogP contribution is 2.28. The van der Waals surface area contributed by atoms with E-state index in [1.165, 1.54) is 5.56 Å². The van der Waals surface area contributed by atoms with Crippen LogP contribution in [0, 0.1) is 0 Å². The van der Waals surface area contributed by atoms with E-state index in [-0.39, 0.29) is 23.4 Å². The van der Waals surface area contributed by atoms with E-state index in [0.717, 1.165) is 6.42 Å². The fraction of sp³-hybridized carbons (Fsp3) is 0.533. The summed E-state index contributed by atoms with van der Waals surface area (Å²) in [5, 5.41) is 3.23. The molecule has 0 radical (unpaired) electrons. The minimum atomic E-state index is -0.306. The molecular weight excluding hydrogens is 224 g/mol. The van der Waals surface area contributed by atoms with Crippen molar-refractivity contribution in [2.24, 2.45) is 5.73 Å².